The van der Waals surface area contributed by atoms with Gasteiger partial charge in [0.2, 0.25) is 0 Å². The van der Waals surface area contributed by atoms with Crippen LogP contribution in [0.3, 0.4) is 0 Å². The Kier molecular flexibility index (Phi) is 6.84. The van der Waals surface area contributed by atoms with E-state index in [1.807, 2.05) is 31.2 Å². The van der Waals surface area contributed by atoms with E-state index in [1.165, 1.54) is 0 Å². The highest BCUT2D eigenvalue weighted by atomic mass is 17.2. The van der Waals surface area contributed by atoms with Gasteiger partial charge in [0.05, 0.1) is 19.8 Å². The number of aliphatic hydroxyl groups is 4. The molecule has 1 aromatic heterocycles. The molecule has 0 radical (unpaired) electrons. The summed E-state index contributed by atoms with van der Waals surface area (Å²) in [7, 11) is 0. The first-order valence-electron chi connectivity index (χ1n) is 10.2. The molecule has 1 aliphatic rings. The minimum atomic E-state index is -1.61. The van der Waals surface area contributed by atoms with E-state index in [4.69, 9.17) is 19.2 Å². The highest BCUT2D eigenvalue weighted by molar-refractivity contribution is 5.81. The smallest absolute Gasteiger partial charge is 0.192 e. The van der Waals surface area contributed by atoms with E-state index in [9.17, 15) is 20.4 Å². The van der Waals surface area contributed by atoms with Crippen molar-refractivity contribution in [2.45, 2.75) is 44.2 Å². The van der Waals surface area contributed by atoms with Crippen molar-refractivity contribution in [2.24, 2.45) is 0 Å². The molecule has 1 aliphatic heterocycles. The van der Waals surface area contributed by atoms with Gasteiger partial charge in [-0.2, -0.15) is 4.89 Å². The van der Waals surface area contributed by atoms with Crippen LogP contribution in [0.1, 0.15) is 12.5 Å². The van der Waals surface area contributed by atoms with Crippen molar-refractivity contribution in [1.29, 1.82) is 0 Å². The van der Waals surface area contributed by atoms with Crippen molar-refractivity contribution in [3.8, 4) is 11.5 Å². The van der Waals surface area contributed by atoms with Crippen LogP contribution in [-0.2, 0) is 16.2 Å². The normalized spacial score (nSPS) is 25.7. The van der Waals surface area contributed by atoms with Gasteiger partial charge in [0.1, 0.15) is 35.1 Å². The van der Waals surface area contributed by atoms with Gasteiger partial charge >= 0.3 is 0 Å². The molecule has 0 amide bonds. The lowest BCUT2D eigenvalue weighted by Gasteiger charge is -2.38. The average molecular weight is 447 g/mol. The summed E-state index contributed by atoms with van der Waals surface area (Å²) in [6, 6.07) is 12.7. The topological polar surface area (TPSA) is 149 Å². The van der Waals surface area contributed by atoms with Gasteiger partial charge in [0.15, 0.2) is 18.1 Å². The lowest BCUT2D eigenvalue weighted by atomic mass is 9.99. The van der Waals surface area contributed by atoms with Gasteiger partial charge < -0.3 is 34.8 Å². The third-order valence-corrected chi connectivity index (χ3v) is 5.15. The van der Waals surface area contributed by atoms with Crippen molar-refractivity contribution in [3.05, 3.63) is 48.0 Å². The number of ether oxygens (including phenoxy) is 2. The summed E-state index contributed by atoms with van der Waals surface area (Å²) < 4.78 is 12.2. The maximum atomic E-state index is 10.2. The first-order chi connectivity index (χ1) is 15.5. The zero-order chi connectivity index (χ0) is 22.7. The standard InChI is InChI=1S/C21H25N3O8/c1-2-29-13-8-6-12(7-9-13)10-24-17-14(22-23-24)4-3-5-15(17)31-32-20-19(27)18(26)16(11-25)30-21(20)28/h3-9,16,18-21,25-28H,2,10-11H2,1H3/t16-,18-,19+,20-,21?/m1/s1. The summed E-state index contributed by atoms with van der Waals surface area (Å²) >= 11 is 0. The number of aliphatic hydroxyl groups excluding tert-OH is 4. The zero-order valence-corrected chi connectivity index (χ0v) is 17.3. The predicted octanol–water partition coefficient (Wildman–Crippen LogP) is -0.0114. The molecule has 0 spiro atoms. The second kappa shape index (κ2) is 9.77. The van der Waals surface area contributed by atoms with Crippen LogP contribution < -0.4 is 9.62 Å². The lowest BCUT2D eigenvalue weighted by molar-refractivity contribution is -0.364. The Morgan fingerprint density at radius 2 is 1.84 bits per heavy atom. The molecule has 0 bridgehead atoms. The Hall–Kier alpha value is -2.80. The molecular weight excluding hydrogens is 422 g/mol. The second-order valence-electron chi connectivity index (χ2n) is 7.32. The van der Waals surface area contributed by atoms with Crippen LogP contribution in [0.15, 0.2) is 42.5 Å². The molecular formula is C21H25N3O8. The van der Waals surface area contributed by atoms with Gasteiger partial charge in [0, 0.05) is 0 Å². The van der Waals surface area contributed by atoms with Gasteiger partial charge in [-0.05, 0) is 36.8 Å². The molecule has 4 rings (SSSR count). The molecule has 1 fully saturated rings. The second-order valence-corrected chi connectivity index (χ2v) is 7.32. The number of hydrogen-bond donors (Lipinski definition) is 4. The first-order valence-corrected chi connectivity index (χ1v) is 10.2. The molecule has 172 valence electrons. The van der Waals surface area contributed by atoms with Gasteiger partial charge in [-0.3, -0.25) is 0 Å². The highest BCUT2D eigenvalue weighted by Crippen LogP contribution is 2.28. The summed E-state index contributed by atoms with van der Waals surface area (Å²) in [5.41, 5.74) is 2.05. The fourth-order valence-corrected chi connectivity index (χ4v) is 3.49. The molecule has 0 aliphatic carbocycles. The van der Waals surface area contributed by atoms with Crippen molar-refractivity contribution >= 4 is 11.0 Å². The molecule has 2 heterocycles. The maximum absolute atomic E-state index is 10.2. The molecule has 11 nitrogen and oxygen atoms in total. The molecule has 1 unspecified atom stereocenters. The van der Waals surface area contributed by atoms with E-state index >= 15 is 0 Å². The quantitative estimate of drug-likeness (QED) is 0.274. The van der Waals surface area contributed by atoms with Crippen molar-refractivity contribution in [1.82, 2.24) is 15.0 Å². The van der Waals surface area contributed by atoms with Crippen LogP contribution in [0.2, 0.25) is 0 Å². The maximum Gasteiger partial charge on any atom is 0.192 e. The molecule has 5 atom stereocenters. The third-order valence-electron chi connectivity index (χ3n) is 5.15. The van der Waals surface area contributed by atoms with Crippen LogP contribution in [0.25, 0.3) is 11.0 Å². The van der Waals surface area contributed by atoms with E-state index in [0.29, 0.717) is 24.2 Å². The lowest BCUT2D eigenvalue weighted by Crippen LogP contribution is -2.59. The summed E-state index contributed by atoms with van der Waals surface area (Å²) in [6.45, 7) is 2.33. The van der Waals surface area contributed by atoms with E-state index in [1.54, 1.807) is 22.9 Å². The molecule has 0 saturated carbocycles. The number of aromatic nitrogens is 3. The fraction of sp³-hybridized carbons (Fsp3) is 0.429. The van der Waals surface area contributed by atoms with Crippen molar-refractivity contribution in [3.63, 3.8) is 0 Å². The molecule has 4 N–H and O–H groups in total. The van der Waals surface area contributed by atoms with Gasteiger partial charge in [-0.1, -0.05) is 23.4 Å². The van der Waals surface area contributed by atoms with Gasteiger partial charge in [-0.25, -0.2) is 4.68 Å². The van der Waals surface area contributed by atoms with E-state index in [-0.39, 0.29) is 5.75 Å². The Balaban J connectivity index is 1.52. The van der Waals surface area contributed by atoms with E-state index < -0.39 is 37.3 Å². The van der Waals surface area contributed by atoms with Gasteiger partial charge in [0.25, 0.3) is 0 Å². The number of rotatable bonds is 8. The number of benzene rings is 2. The van der Waals surface area contributed by atoms with Crippen molar-refractivity contribution in [2.75, 3.05) is 13.2 Å². The summed E-state index contributed by atoms with van der Waals surface area (Å²) in [4.78, 5) is 10.6. The van der Waals surface area contributed by atoms with Crippen LogP contribution in [0.4, 0.5) is 0 Å². The number of para-hydroxylation sites is 1. The van der Waals surface area contributed by atoms with Gasteiger partial charge in [-0.15, -0.1) is 5.10 Å². The number of hydrogen-bond acceptors (Lipinski definition) is 10. The third kappa shape index (κ3) is 4.53. The van der Waals surface area contributed by atoms with Crippen LogP contribution >= 0.6 is 0 Å². The Morgan fingerprint density at radius 3 is 2.56 bits per heavy atom. The Labute approximate surface area is 183 Å². The summed E-state index contributed by atoms with van der Waals surface area (Å²) in [6.07, 6.45) is -7.15. The molecule has 32 heavy (non-hydrogen) atoms. The summed E-state index contributed by atoms with van der Waals surface area (Å²) in [5, 5.41) is 47.8. The van der Waals surface area contributed by atoms with Crippen LogP contribution in [0, 0.1) is 0 Å². The molecule has 2 aromatic carbocycles. The zero-order valence-electron chi connectivity index (χ0n) is 17.3. The van der Waals surface area contributed by atoms with Crippen LogP contribution in [-0.4, -0.2) is 79.3 Å². The average Bonchev–Trinajstić information content (AvgIpc) is 3.21. The van der Waals surface area contributed by atoms with Crippen molar-refractivity contribution < 1.29 is 39.7 Å². The minimum Gasteiger partial charge on any atom is -0.494 e. The van der Waals surface area contributed by atoms with E-state index in [2.05, 4.69) is 10.3 Å². The fourth-order valence-electron chi connectivity index (χ4n) is 3.49. The highest BCUT2D eigenvalue weighted by Gasteiger charge is 2.45. The summed E-state index contributed by atoms with van der Waals surface area (Å²) in [5.74, 6) is 1.02. The minimum absolute atomic E-state index is 0.247. The predicted molar refractivity (Wildman–Crippen MR) is 110 cm³/mol. The largest absolute Gasteiger partial charge is 0.494 e. The molecule has 11 heteroatoms. The SMILES string of the molecule is CCOc1ccc(Cn2nnc3cccc(OO[C@H]4C(O)O[C@H](CO)[C@@H](O)[C@@H]4O)c32)cc1. The van der Waals surface area contributed by atoms with Crippen LogP contribution in [0.5, 0.6) is 11.5 Å². The Bertz CT molecular complexity index is 1030. The van der Waals surface area contributed by atoms with E-state index in [0.717, 1.165) is 11.3 Å². The Morgan fingerprint density at radius 1 is 1.06 bits per heavy atom. The molecule has 1 saturated heterocycles. The number of nitrogens with zero attached hydrogens (tertiary/aromatic N) is 3. The molecule has 3 aromatic rings. The first kappa shape index (κ1) is 22.4. The monoisotopic (exact) mass is 447 g/mol. The number of fused-ring (bicyclic) bond motifs is 1.